The summed E-state index contributed by atoms with van der Waals surface area (Å²) >= 11 is 0. The Morgan fingerprint density at radius 2 is 1.53 bits per heavy atom. The van der Waals surface area contributed by atoms with Crippen molar-refractivity contribution >= 4 is 17.5 Å². The summed E-state index contributed by atoms with van der Waals surface area (Å²) in [5.41, 5.74) is 3.53. The van der Waals surface area contributed by atoms with E-state index in [2.05, 4.69) is 15.5 Å². The number of nitrogens with zero attached hydrogens (tertiary/aromatic N) is 1. The van der Waals surface area contributed by atoms with Crippen LogP contribution in [-0.2, 0) is 17.8 Å². The fourth-order valence-corrected chi connectivity index (χ4v) is 4.29. The molecule has 176 valence electrons. The van der Waals surface area contributed by atoms with Crippen molar-refractivity contribution in [1.82, 2.24) is 10.6 Å². The molecule has 2 N–H and O–H groups in total. The number of benzene rings is 3. The first-order valence-corrected chi connectivity index (χ1v) is 11.8. The van der Waals surface area contributed by atoms with Gasteiger partial charge in [-0.1, -0.05) is 54.6 Å². The summed E-state index contributed by atoms with van der Waals surface area (Å²) in [5.74, 6) is -0.365. The van der Waals surface area contributed by atoms with Crippen LogP contribution in [0.15, 0.2) is 78.9 Å². The average Bonchev–Trinajstić information content (AvgIpc) is 2.88. The van der Waals surface area contributed by atoms with Crippen molar-refractivity contribution in [2.75, 3.05) is 18.0 Å². The maximum Gasteiger partial charge on any atom is 0.253 e. The van der Waals surface area contributed by atoms with Gasteiger partial charge in [-0.25, -0.2) is 4.39 Å². The molecule has 1 aliphatic heterocycles. The lowest BCUT2D eigenvalue weighted by Gasteiger charge is -2.35. The second kappa shape index (κ2) is 11.5. The molecule has 6 heteroatoms. The lowest BCUT2D eigenvalue weighted by atomic mass is 10.0. The molecule has 0 aromatic heterocycles. The number of carbonyl (C=O) groups is 2. The molecular weight excluding hydrogens is 429 g/mol. The van der Waals surface area contributed by atoms with E-state index in [-0.39, 0.29) is 23.7 Å². The predicted octanol–water partition coefficient (Wildman–Crippen LogP) is 4.47. The van der Waals surface area contributed by atoms with Gasteiger partial charge in [-0.15, -0.1) is 0 Å². The van der Waals surface area contributed by atoms with E-state index in [4.69, 9.17) is 0 Å². The van der Waals surface area contributed by atoms with E-state index >= 15 is 0 Å². The van der Waals surface area contributed by atoms with Crippen molar-refractivity contribution in [1.29, 1.82) is 0 Å². The first kappa shape index (κ1) is 23.5. The van der Waals surface area contributed by atoms with Crippen molar-refractivity contribution in [3.8, 4) is 0 Å². The van der Waals surface area contributed by atoms with Gasteiger partial charge in [-0.3, -0.25) is 9.59 Å². The molecule has 1 fully saturated rings. The van der Waals surface area contributed by atoms with Crippen molar-refractivity contribution < 1.29 is 14.0 Å². The van der Waals surface area contributed by atoms with Crippen LogP contribution in [0.25, 0.3) is 0 Å². The molecule has 2 amide bonds. The number of piperidine rings is 1. The average molecular weight is 460 g/mol. The zero-order valence-corrected chi connectivity index (χ0v) is 19.2. The number of carbonyl (C=O) groups excluding carboxylic acids is 2. The molecule has 3 aromatic rings. The summed E-state index contributed by atoms with van der Waals surface area (Å²) < 4.78 is 13.1. The van der Waals surface area contributed by atoms with E-state index in [0.717, 1.165) is 43.6 Å². The number of rotatable bonds is 8. The lowest BCUT2D eigenvalue weighted by Crippen LogP contribution is -2.45. The van der Waals surface area contributed by atoms with Crippen molar-refractivity contribution in [2.45, 2.75) is 38.3 Å². The number of nitrogens with one attached hydrogen (secondary N) is 2. The molecular formula is C28H30FN3O2. The van der Waals surface area contributed by atoms with Crippen LogP contribution < -0.4 is 15.5 Å². The summed E-state index contributed by atoms with van der Waals surface area (Å²) in [7, 11) is 0. The third-order valence-corrected chi connectivity index (χ3v) is 6.20. The van der Waals surface area contributed by atoms with E-state index in [1.165, 1.54) is 17.7 Å². The number of halogens is 1. The second-order valence-corrected chi connectivity index (χ2v) is 8.64. The third-order valence-electron chi connectivity index (χ3n) is 6.20. The van der Waals surface area contributed by atoms with E-state index in [1.54, 1.807) is 12.1 Å². The van der Waals surface area contributed by atoms with Crippen LogP contribution in [0.3, 0.4) is 0 Å². The van der Waals surface area contributed by atoms with Crippen molar-refractivity contribution in [2.24, 2.45) is 0 Å². The van der Waals surface area contributed by atoms with Crippen molar-refractivity contribution in [3.05, 3.63) is 101 Å². The van der Waals surface area contributed by atoms with E-state index in [1.807, 2.05) is 54.6 Å². The van der Waals surface area contributed by atoms with Gasteiger partial charge in [0.15, 0.2) is 0 Å². The molecule has 4 rings (SSSR count). The SMILES string of the molecule is O=C(CCc1ccccc1)NC1CCN(c2ccccc2C(=O)NCc2ccc(F)cc2)CC1. The minimum Gasteiger partial charge on any atom is -0.371 e. The molecule has 0 unspecified atom stereocenters. The second-order valence-electron chi connectivity index (χ2n) is 8.64. The number of anilines is 1. The summed E-state index contributed by atoms with van der Waals surface area (Å²) in [5, 5.41) is 6.10. The molecule has 3 aromatic carbocycles. The molecule has 34 heavy (non-hydrogen) atoms. The number of hydrogen-bond donors (Lipinski definition) is 2. The van der Waals surface area contributed by atoms with Gasteiger partial charge in [0.1, 0.15) is 5.82 Å². The molecule has 0 atom stereocenters. The van der Waals surface area contributed by atoms with Crippen LogP contribution in [0, 0.1) is 5.82 Å². The van der Waals surface area contributed by atoms with Crippen LogP contribution in [0.1, 0.15) is 40.7 Å². The molecule has 0 bridgehead atoms. The first-order valence-electron chi connectivity index (χ1n) is 11.8. The number of para-hydroxylation sites is 1. The lowest BCUT2D eigenvalue weighted by molar-refractivity contribution is -0.121. The zero-order chi connectivity index (χ0) is 23.8. The highest BCUT2D eigenvalue weighted by Gasteiger charge is 2.23. The zero-order valence-electron chi connectivity index (χ0n) is 19.2. The summed E-state index contributed by atoms with van der Waals surface area (Å²) in [6, 6.07) is 23.9. The fraction of sp³-hybridized carbons (Fsp3) is 0.286. The van der Waals surface area contributed by atoms with Crippen LogP contribution in [0.2, 0.25) is 0 Å². The molecule has 5 nitrogen and oxygen atoms in total. The maximum absolute atomic E-state index is 13.1. The normalized spacial score (nSPS) is 14.0. The Morgan fingerprint density at radius 1 is 0.853 bits per heavy atom. The van der Waals surface area contributed by atoms with Gasteiger partial charge in [0.05, 0.1) is 5.56 Å². The van der Waals surface area contributed by atoms with Crippen molar-refractivity contribution in [3.63, 3.8) is 0 Å². The Hall–Kier alpha value is -3.67. The number of hydrogen-bond acceptors (Lipinski definition) is 3. The van der Waals surface area contributed by atoms with Gasteiger partial charge in [0.25, 0.3) is 5.91 Å². The highest BCUT2D eigenvalue weighted by molar-refractivity contribution is 5.99. The van der Waals surface area contributed by atoms with Gasteiger partial charge in [0, 0.05) is 37.8 Å². The minimum atomic E-state index is -0.295. The monoisotopic (exact) mass is 459 g/mol. The maximum atomic E-state index is 13.1. The first-order chi connectivity index (χ1) is 16.6. The number of amides is 2. The third kappa shape index (κ3) is 6.44. The van der Waals surface area contributed by atoms with Gasteiger partial charge in [-0.2, -0.15) is 0 Å². The highest BCUT2D eigenvalue weighted by atomic mass is 19.1. The topological polar surface area (TPSA) is 61.4 Å². The Bertz CT molecular complexity index is 1090. The van der Waals surface area contributed by atoms with Crippen LogP contribution in [-0.4, -0.2) is 30.9 Å². The van der Waals surface area contributed by atoms with Gasteiger partial charge in [0.2, 0.25) is 5.91 Å². The van der Waals surface area contributed by atoms with Crippen LogP contribution >= 0.6 is 0 Å². The molecule has 1 saturated heterocycles. The quantitative estimate of drug-likeness (QED) is 0.522. The molecule has 0 aliphatic carbocycles. The smallest absolute Gasteiger partial charge is 0.253 e. The molecule has 0 radical (unpaired) electrons. The summed E-state index contributed by atoms with van der Waals surface area (Å²) in [4.78, 5) is 27.5. The molecule has 1 aliphatic rings. The standard InChI is InChI=1S/C28H30FN3O2/c29-23-13-10-22(11-14-23)20-30-28(34)25-8-4-5-9-26(25)32-18-16-24(17-19-32)31-27(33)15-12-21-6-2-1-3-7-21/h1-11,13-14,24H,12,15-20H2,(H,30,34)(H,31,33). The van der Waals surface area contributed by atoms with Crippen LogP contribution in [0.5, 0.6) is 0 Å². The Morgan fingerprint density at radius 3 is 2.26 bits per heavy atom. The Balaban J connectivity index is 1.28. The van der Waals surface area contributed by atoms with E-state index < -0.39 is 0 Å². The summed E-state index contributed by atoms with van der Waals surface area (Å²) in [6.45, 7) is 1.88. The predicted molar refractivity (Wildman–Crippen MR) is 132 cm³/mol. The summed E-state index contributed by atoms with van der Waals surface area (Å²) in [6.07, 6.45) is 2.90. The van der Waals surface area contributed by atoms with E-state index in [0.29, 0.717) is 18.5 Å². The molecule has 0 saturated carbocycles. The van der Waals surface area contributed by atoms with Gasteiger partial charge >= 0.3 is 0 Å². The van der Waals surface area contributed by atoms with E-state index in [9.17, 15) is 14.0 Å². The molecule has 0 spiro atoms. The fourth-order valence-electron chi connectivity index (χ4n) is 4.29. The number of aryl methyl sites for hydroxylation is 1. The highest BCUT2D eigenvalue weighted by Crippen LogP contribution is 2.24. The van der Waals surface area contributed by atoms with Crippen LogP contribution in [0.4, 0.5) is 10.1 Å². The van der Waals surface area contributed by atoms with Gasteiger partial charge in [-0.05, 0) is 54.7 Å². The Labute approximate surface area is 200 Å². The minimum absolute atomic E-state index is 0.0860. The Kier molecular flexibility index (Phi) is 7.91. The molecule has 1 heterocycles. The van der Waals surface area contributed by atoms with Gasteiger partial charge < -0.3 is 15.5 Å². The largest absolute Gasteiger partial charge is 0.371 e.